The highest BCUT2D eigenvalue weighted by atomic mass is 32.2. The molecule has 2 amide bonds. The second-order valence-electron chi connectivity index (χ2n) is 12.3. The first kappa shape index (κ1) is 42.6. The Bertz CT molecular complexity index is 1810. The summed E-state index contributed by atoms with van der Waals surface area (Å²) in [6.07, 6.45) is -4.79. The Labute approximate surface area is 308 Å². The number of nitrogens with one attached hydrogen (secondary N) is 2. The molecule has 0 radical (unpaired) electrons. The molecule has 15 nitrogen and oxygen atoms in total. The Kier molecular flexibility index (Phi) is 15.5. The maximum Gasteiger partial charge on any atom is 0.490 e. The summed E-state index contributed by atoms with van der Waals surface area (Å²) in [5.41, 5.74) is 11.6. The van der Waals surface area contributed by atoms with Crippen molar-refractivity contribution in [2.75, 3.05) is 19.6 Å². The summed E-state index contributed by atoms with van der Waals surface area (Å²) >= 11 is 1.24. The number of ether oxygens (including phenoxy) is 1. The predicted molar refractivity (Wildman–Crippen MR) is 191 cm³/mol. The third kappa shape index (κ3) is 13.3. The van der Waals surface area contributed by atoms with Crippen LogP contribution < -0.4 is 22.1 Å². The molecule has 2 heterocycles. The van der Waals surface area contributed by atoms with Gasteiger partial charge < -0.3 is 31.9 Å². The van der Waals surface area contributed by atoms with Crippen molar-refractivity contribution in [2.45, 2.75) is 75.2 Å². The van der Waals surface area contributed by atoms with Crippen molar-refractivity contribution in [3.05, 3.63) is 59.6 Å². The summed E-state index contributed by atoms with van der Waals surface area (Å²) < 4.78 is 65.5. The lowest BCUT2D eigenvalue weighted by Gasteiger charge is -2.31. The Morgan fingerprint density at radius 1 is 1.02 bits per heavy atom. The Balaban J connectivity index is 0.000000980. The van der Waals surface area contributed by atoms with E-state index in [1.165, 1.54) is 15.6 Å². The standard InChI is InChI=1S/C31H41N7O6S2.C2HF3O2/c1-20(2)19-25(37-31(41)44-21-14-17-38(18-15-21)46(42,43)22-9-4-3-5-10-22)28(40)35-24(12-8-16-34-30(32)33)27(39)29-36-23-11-6-7-13-26(23)45-29;3-2(4,5)1(6)7/h3-7,9-11,13,20-21,24-25H,8,12,14-19H2,1-2H3,(H,35,40)(H,37,41)(H4,32,33,34);(H,6,7)/t24-,25-;/m0./s1. The summed E-state index contributed by atoms with van der Waals surface area (Å²) in [5.74, 6) is -3.67. The number of nitrogens with two attached hydrogens (primary N) is 2. The number of aliphatic carboxylic acids is 1. The fourth-order valence-corrected chi connectivity index (χ4v) is 7.58. The molecule has 1 aromatic heterocycles. The normalized spacial score (nSPS) is 15.1. The number of ketones is 1. The molecule has 290 valence electrons. The van der Waals surface area contributed by atoms with Gasteiger partial charge in [-0.2, -0.15) is 17.5 Å². The molecule has 20 heteroatoms. The molecule has 53 heavy (non-hydrogen) atoms. The van der Waals surface area contributed by atoms with Gasteiger partial charge in [0.25, 0.3) is 0 Å². The smallest absolute Gasteiger partial charge is 0.475 e. The fraction of sp³-hybridized carbons (Fsp3) is 0.455. The van der Waals surface area contributed by atoms with E-state index in [9.17, 15) is 36.0 Å². The van der Waals surface area contributed by atoms with Crippen LogP contribution in [0.2, 0.25) is 0 Å². The zero-order valence-electron chi connectivity index (χ0n) is 28.9. The van der Waals surface area contributed by atoms with E-state index in [4.69, 9.17) is 26.1 Å². The molecule has 0 bridgehead atoms. The molecule has 0 unspecified atom stereocenters. The Morgan fingerprint density at radius 3 is 2.19 bits per heavy atom. The number of aliphatic imine (C=N–C) groups is 1. The number of carboxylic acids is 1. The fourth-order valence-electron chi connectivity index (χ4n) is 5.13. The lowest BCUT2D eigenvalue weighted by atomic mass is 10.0. The Hall–Kier alpha value is -4.82. The highest BCUT2D eigenvalue weighted by molar-refractivity contribution is 7.89. The molecule has 7 N–H and O–H groups in total. The summed E-state index contributed by atoms with van der Waals surface area (Å²) in [4.78, 5) is 57.7. The van der Waals surface area contributed by atoms with Gasteiger partial charge in [-0.25, -0.2) is 23.0 Å². The maximum absolute atomic E-state index is 13.6. The number of aromatic nitrogens is 1. The first-order valence-corrected chi connectivity index (χ1v) is 18.7. The molecule has 0 aliphatic carbocycles. The minimum atomic E-state index is -5.08. The molecule has 2 atom stereocenters. The second-order valence-corrected chi connectivity index (χ2v) is 15.3. The van der Waals surface area contributed by atoms with E-state index in [-0.39, 0.29) is 53.6 Å². The van der Waals surface area contributed by atoms with E-state index >= 15 is 0 Å². The minimum absolute atomic E-state index is 0.0303. The molecule has 0 saturated carbocycles. The van der Waals surface area contributed by atoms with Crippen LogP contribution in [0.25, 0.3) is 10.2 Å². The molecular formula is C33H42F3N7O8S2. The van der Waals surface area contributed by atoms with E-state index in [1.54, 1.807) is 30.3 Å². The zero-order valence-corrected chi connectivity index (χ0v) is 30.5. The summed E-state index contributed by atoms with van der Waals surface area (Å²) in [6, 6.07) is 13.7. The number of amides is 2. The lowest BCUT2D eigenvalue weighted by molar-refractivity contribution is -0.192. The number of Topliss-reactive ketones (excluding diaryl/α,β-unsaturated/α-hetero) is 1. The third-order valence-electron chi connectivity index (χ3n) is 7.70. The SMILES string of the molecule is CC(C)C[C@H](NC(=O)OC1CCN(S(=O)(=O)c2ccccc2)CC1)C(=O)N[C@@H](CCCN=C(N)N)C(=O)c1nc2ccccc2s1.O=C(O)C(F)(F)F. The number of alkyl carbamates (subject to hydrolysis) is 1. The molecule has 1 fully saturated rings. The molecule has 1 saturated heterocycles. The number of alkyl halides is 3. The summed E-state index contributed by atoms with van der Waals surface area (Å²) in [7, 11) is -3.64. The molecule has 0 spiro atoms. The van der Waals surface area contributed by atoms with Crippen LogP contribution in [0.1, 0.15) is 55.8 Å². The number of rotatable bonds is 14. The van der Waals surface area contributed by atoms with E-state index in [2.05, 4.69) is 20.6 Å². The average molecular weight is 786 g/mol. The number of piperidine rings is 1. The van der Waals surface area contributed by atoms with Crippen LogP contribution in [-0.4, -0.2) is 96.5 Å². The summed E-state index contributed by atoms with van der Waals surface area (Å²) in [6.45, 7) is 4.48. The van der Waals surface area contributed by atoms with Crippen LogP contribution in [0.5, 0.6) is 0 Å². The van der Waals surface area contributed by atoms with Gasteiger partial charge in [0.05, 0.1) is 21.2 Å². The second kappa shape index (κ2) is 19.3. The van der Waals surface area contributed by atoms with Gasteiger partial charge in [-0.05, 0) is 62.3 Å². The van der Waals surface area contributed by atoms with Crippen LogP contribution in [0.3, 0.4) is 0 Å². The molecule has 4 rings (SSSR count). The van der Waals surface area contributed by atoms with E-state index in [0.717, 1.165) is 4.70 Å². The highest BCUT2D eigenvalue weighted by Gasteiger charge is 2.38. The van der Waals surface area contributed by atoms with Gasteiger partial charge in [0.1, 0.15) is 12.1 Å². The van der Waals surface area contributed by atoms with Gasteiger partial charge in [-0.1, -0.05) is 44.2 Å². The van der Waals surface area contributed by atoms with E-state index in [0.29, 0.717) is 31.2 Å². The number of guanidine groups is 1. The molecule has 1 aliphatic heterocycles. The third-order valence-corrected chi connectivity index (χ3v) is 10.7. The van der Waals surface area contributed by atoms with Gasteiger partial charge in [0, 0.05) is 19.6 Å². The van der Waals surface area contributed by atoms with Crippen LogP contribution in [0.4, 0.5) is 18.0 Å². The zero-order chi connectivity index (χ0) is 39.3. The number of carbonyl (C=O) groups is 4. The number of sulfonamides is 1. The predicted octanol–water partition coefficient (Wildman–Crippen LogP) is 3.64. The number of para-hydroxylation sites is 1. The summed E-state index contributed by atoms with van der Waals surface area (Å²) in [5, 5.41) is 12.9. The number of thiazole rings is 1. The van der Waals surface area contributed by atoms with E-state index in [1.807, 2.05) is 38.1 Å². The van der Waals surface area contributed by atoms with Crippen LogP contribution in [0.15, 0.2) is 64.5 Å². The van der Waals surface area contributed by atoms with Crippen molar-refractivity contribution in [3.8, 4) is 0 Å². The van der Waals surface area contributed by atoms with Gasteiger partial charge >= 0.3 is 18.2 Å². The quantitative estimate of drug-likeness (QED) is 0.0685. The number of halogens is 3. The molecular weight excluding hydrogens is 744 g/mol. The Morgan fingerprint density at radius 2 is 1.62 bits per heavy atom. The van der Waals surface area contributed by atoms with Crippen LogP contribution in [-0.2, 0) is 24.3 Å². The van der Waals surface area contributed by atoms with Gasteiger partial charge in [0.2, 0.25) is 21.7 Å². The van der Waals surface area contributed by atoms with E-state index < -0.39 is 52.4 Å². The van der Waals surface area contributed by atoms with Crippen LogP contribution in [0, 0.1) is 5.92 Å². The number of hydrogen-bond donors (Lipinski definition) is 5. The number of carboxylic acid groups (broad SMARTS) is 1. The highest BCUT2D eigenvalue weighted by Crippen LogP contribution is 2.24. The molecule has 2 aromatic carbocycles. The van der Waals surface area contributed by atoms with Crippen molar-refractivity contribution >= 4 is 61.3 Å². The van der Waals surface area contributed by atoms with Crippen molar-refractivity contribution in [3.63, 3.8) is 0 Å². The number of hydrogen-bond acceptors (Lipinski definition) is 10. The molecule has 1 aliphatic rings. The van der Waals surface area contributed by atoms with Gasteiger partial charge in [-0.15, -0.1) is 11.3 Å². The molecule has 3 aromatic rings. The monoisotopic (exact) mass is 785 g/mol. The largest absolute Gasteiger partial charge is 0.490 e. The average Bonchev–Trinajstić information content (AvgIpc) is 3.54. The maximum atomic E-state index is 13.6. The minimum Gasteiger partial charge on any atom is -0.475 e. The van der Waals surface area contributed by atoms with Crippen molar-refractivity contribution in [2.24, 2.45) is 22.4 Å². The van der Waals surface area contributed by atoms with Crippen molar-refractivity contribution < 1.29 is 50.6 Å². The van der Waals surface area contributed by atoms with Crippen molar-refractivity contribution in [1.29, 1.82) is 0 Å². The first-order valence-electron chi connectivity index (χ1n) is 16.5. The van der Waals surface area contributed by atoms with Gasteiger partial charge in [-0.3, -0.25) is 14.6 Å². The van der Waals surface area contributed by atoms with Gasteiger partial charge in [0.15, 0.2) is 11.0 Å². The number of carbonyl (C=O) groups excluding carboxylic acids is 3. The van der Waals surface area contributed by atoms with Crippen LogP contribution >= 0.6 is 11.3 Å². The first-order chi connectivity index (χ1) is 24.9. The number of fused-ring (bicyclic) bond motifs is 1. The topological polar surface area (TPSA) is 236 Å². The number of benzene rings is 2. The number of nitrogens with zero attached hydrogens (tertiary/aromatic N) is 3. The van der Waals surface area contributed by atoms with Crippen molar-refractivity contribution in [1.82, 2.24) is 19.9 Å². The lowest BCUT2D eigenvalue weighted by Crippen LogP contribution is -2.52.